The van der Waals surface area contributed by atoms with Crippen LogP contribution in [-0.4, -0.2) is 5.11 Å². The smallest absolute Gasteiger partial charge is 0.169 e. The van der Waals surface area contributed by atoms with E-state index in [-0.39, 0.29) is 0 Å². The summed E-state index contributed by atoms with van der Waals surface area (Å²) >= 11 is 3.15. The highest BCUT2D eigenvalue weighted by atomic mass is 79.9. The van der Waals surface area contributed by atoms with Crippen molar-refractivity contribution in [3.05, 3.63) is 22.6 Å². The van der Waals surface area contributed by atoms with Crippen molar-refractivity contribution in [2.45, 2.75) is 25.9 Å². The molecule has 1 aromatic heterocycles. The molecule has 2 unspecified atom stereocenters. The standard InChI is InChI=1S/C10H12BrNO2/c1-2-3-7(6-12)10(13)8-4-5-9(11)14-8/h4-5,7,10,13H,2-3H2,1H3. The van der Waals surface area contributed by atoms with Crippen molar-refractivity contribution in [2.75, 3.05) is 0 Å². The third-order valence-electron chi connectivity index (χ3n) is 2.03. The minimum atomic E-state index is -0.828. The van der Waals surface area contributed by atoms with Gasteiger partial charge in [0, 0.05) is 0 Å². The fourth-order valence-corrected chi connectivity index (χ4v) is 1.61. The van der Waals surface area contributed by atoms with Crippen LogP contribution in [0, 0.1) is 17.2 Å². The Hall–Kier alpha value is -0.790. The van der Waals surface area contributed by atoms with Crippen molar-refractivity contribution < 1.29 is 9.52 Å². The van der Waals surface area contributed by atoms with Gasteiger partial charge in [0.15, 0.2) is 4.67 Å². The number of hydrogen-bond acceptors (Lipinski definition) is 3. The molecule has 0 amide bonds. The largest absolute Gasteiger partial charge is 0.452 e. The van der Waals surface area contributed by atoms with Crippen LogP contribution in [0.4, 0.5) is 0 Å². The summed E-state index contributed by atoms with van der Waals surface area (Å²) in [5.41, 5.74) is 0. The zero-order valence-corrected chi connectivity index (χ0v) is 9.49. The van der Waals surface area contributed by atoms with E-state index >= 15 is 0 Å². The molecule has 0 aromatic carbocycles. The first-order chi connectivity index (χ1) is 6.69. The first-order valence-electron chi connectivity index (χ1n) is 4.52. The molecule has 0 radical (unpaired) electrons. The minimum absolute atomic E-state index is 0.391. The Labute approximate surface area is 91.5 Å². The lowest BCUT2D eigenvalue weighted by Gasteiger charge is -2.12. The van der Waals surface area contributed by atoms with Crippen LogP contribution < -0.4 is 0 Å². The summed E-state index contributed by atoms with van der Waals surface area (Å²) in [6.45, 7) is 1.98. The lowest BCUT2D eigenvalue weighted by Crippen LogP contribution is -2.09. The first kappa shape index (κ1) is 11.3. The van der Waals surface area contributed by atoms with Gasteiger partial charge in [0.2, 0.25) is 0 Å². The van der Waals surface area contributed by atoms with Gasteiger partial charge >= 0.3 is 0 Å². The molecular weight excluding hydrogens is 246 g/mol. The molecule has 0 saturated carbocycles. The third-order valence-corrected chi connectivity index (χ3v) is 2.46. The lowest BCUT2D eigenvalue weighted by molar-refractivity contribution is 0.104. The van der Waals surface area contributed by atoms with E-state index in [2.05, 4.69) is 22.0 Å². The fourth-order valence-electron chi connectivity index (χ4n) is 1.29. The summed E-state index contributed by atoms with van der Waals surface area (Å²) in [5.74, 6) is 0.0509. The van der Waals surface area contributed by atoms with Crippen molar-refractivity contribution in [1.82, 2.24) is 0 Å². The number of nitrogens with zero attached hydrogens (tertiary/aromatic N) is 1. The highest BCUT2D eigenvalue weighted by Crippen LogP contribution is 2.28. The van der Waals surface area contributed by atoms with E-state index in [9.17, 15) is 5.11 Å². The van der Waals surface area contributed by atoms with E-state index in [1.165, 1.54) is 0 Å². The maximum Gasteiger partial charge on any atom is 0.169 e. The molecular formula is C10H12BrNO2. The molecule has 1 heterocycles. The number of furan rings is 1. The topological polar surface area (TPSA) is 57.2 Å². The quantitative estimate of drug-likeness (QED) is 0.902. The van der Waals surface area contributed by atoms with Crippen LogP contribution in [0.15, 0.2) is 21.2 Å². The van der Waals surface area contributed by atoms with Gasteiger partial charge in [-0.25, -0.2) is 0 Å². The molecule has 2 atom stereocenters. The van der Waals surface area contributed by atoms with Crippen LogP contribution in [0.1, 0.15) is 31.6 Å². The van der Waals surface area contributed by atoms with Crippen molar-refractivity contribution in [1.29, 1.82) is 5.26 Å². The molecule has 0 aliphatic rings. The van der Waals surface area contributed by atoms with E-state index in [0.29, 0.717) is 16.9 Å². The average Bonchev–Trinajstić information content (AvgIpc) is 2.60. The predicted octanol–water partition coefficient (Wildman–Crippen LogP) is 3.02. The Bertz CT molecular complexity index is 329. The van der Waals surface area contributed by atoms with Crippen LogP contribution in [0.3, 0.4) is 0 Å². The van der Waals surface area contributed by atoms with Gasteiger partial charge in [-0.15, -0.1) is 0 Å². The third kappa shape index (κ3) is 2.60. The Morgan fingerprint density at radius 3 is 2.79 bits per heavy atom. The summed E-state index contributed by atoms with van der Waals surface area (Å²) < 4.78 is 5.76. The zero-order chi connectivity index (χ0) is 10.6. The summed E-state index contributed by atoms with van der Waals surface area (Å²) in [7, 11) is 0. The highest BCUT2D eigenvalue weighted by molar-refractivity contribution is 9.10. The van der Waals surface area contributed by atoms with Crippen molar-refractivity contribution in [2.24, 2.45) is 5.92 Å². The van der Waals surface area contributed by atoms with Gasteiger partial charge in [0.25, 0.3) is 0 Å². The molecule has 0 aliphatic heterocycles. The number of aliphatic hydroxyl groups excluding tert-OH is 1. The van der Waals surface area contributed by atoms with Gasteiger partial charge in [-0.3, -0.25) is 0 Å². The van der Waals surface area contributed by atoms with Crippen molar-refractivity contribution in [3.63, 3.8) is 0 Å². The van der Waals surface area contributed by atoms with Crippen molar-refractivity contribution >= 4 is 15.9 Å². The van der Waals surface area contributed by atoms with E-state index < -0.39 is 12.0 Å². The number of aliphatic hydroxyl groups is 1. The Morgan fingerprint density at radius 2 is 2.36 bits per heavy atom. The number of nitriles is 1. The SMILES string of the molecule is CCCC(C#N)C(O)c1ccc(Br)o1. The van der Waals surface area contributed by atoms with Gasteiger partial charge in [-0.05, 0) is 34.5 Å². The van der Waals surface area contributed by atoms with E-state index in [4.69, 9.17) is 9.68 Å². The molecule has 1 aromatic rings. The molecule has 4 heteroatoms. The van der Waals surface area contributed by atoms with Gasteiger partial charge in [-0.2, -0.15) is 5.26 Å². The second-order valence-electron chi connectivity index (χ2n) is 3.11. The molecule has 0 spiro atoms. The Kier molecular flexibility index (Phi) is 4.18. The molecule has 76 valence electrons. The second kappa shape index (κ2) is 5.18. The minimum Gasteiger partial charge on any atom is -0.452 e. The maximum absolute atomic E-state index is 9.79. The van der Waals surface area contributed by atoms with E-state index in [0.717, 1.165) is 6.42 Å². The number of rotatable bonds is 4. The number of hydrogen-bond donors (Lipinski definition) is 1. The van der Waals surface area contributed by atoms with E-state index in [1.54, 1.807) is 12.1 Å². The van der Waals surface area contributed by atoms with Crippen LogP contribution in [0.5, 0.6) is 0 Å². The van der Waals surface area contributed by atoms with Crippen LogP contribution in [-0.2, 0) is 0 Å². The molecule has 0 bridgehead atoms. The average molecular weight is 258 g/mol. The van der Waals surface area contributed by atoms with Crippen LogP contribution in [0.25, 0.3) is 0 Å². The van der Waals surface area contributed by atoms with Gasteiger partial charge in [-0.1, -0.05) is 13.3 Å². The van der Waals surface area contributed by atoms with E-state index in [1.807, 2.05) is 6.92 Å². The molecule has 1 N–H and O–H groups in total. The summed E-state index contributed by atoms with van der Waals surface area (Å²) in [6.07, 6.45) is 0.721. The summed E-state index contributed by atoms with van der Waals surface area (Å²) in [5, 5.41) is 18.6. The summed E-state index contributed by atoms with van der Waals surface area (Å²) in [4.78, 5) is 0. The molecule has 0 aliphatic carbocycles. The van der Waals surface area contributed by atoms with Gasteiger partial charge < -0.3 is 9.52 Å². The summed E-state index contributed by atoms with van der Waals surface area (Å²) in [6, 6.07) is 5.47. The molecule has 14 heavy (non-hydrogen) atoms. The zero-order valence-electron chi connectivity index (χ0n) is 7.90. The molecule has 0 fully saturated rings. The van der Waals surface area contributed by atoms with Gasteiger partial charge in [0.1, 0.15) is 11.9 Å². The normalized spacial score (nSPS) is 14.7. The first-order valence-corrected chi connectivity index (χ1v) is 5.31. The van der Waals surface area contributed by atoms with Crippen molar-refractivity contribution in [3.8, 4) is 6.07 Å². The predicted molar refractivity (Wildman–Crippen MR) is 55.4 cm³/mol. The monoisotopic (exact) mass is 257 g/mol. The molecule has 3 nitrogen and oxygen atoms in total. The molecule has 1 rings (SSSR count). The Morgan fingerprint density at radius 1 is 1.64 bits per heavy atom. The number of halogens is 1. The highest BCUT2D eigenvalue weighted by Gasteiger charge is 2.22. The van der Waals surface area contributed by atoms with Crippen LogP contribution in [0.2, 0.25) is 0 Å². The van der Waals surface area contributed by atoms with Crippen LogP contribution >= 0.6 is 15.9 Å². The maximum atomic E-state index is 9.79. The second-order valence-corrected chi connectivity index (χ2v) is 3.89. The lowest BCUT2D eigenvalue weighted by atomic mass is 9.97. The molecule has 0 saturated heterocycles. The Balaban J connectivity index is 2.73. The fraction of sp³-hybridized carbons (Fsp3) is 0.500. The van der Waals surface area contributed by atoms with Gasteiger partial charge in [0.05, 0.1) is 12.0 Å².